The predicted octanol–water partition coefficient (Wildman–Crippen LogP) is 3.58. The average Bonchev–Trinajstić information content (AvgIpc) is 3.19. The molecule has 8 heteroatoms. The van der Waals surface area contributed by atoms with Crippen molar-refractivity contribution in [1.82, 2.24) is 15.1 Å². The van der Waals surface area contributed by atoms with Gasteiger partial charge in [0, 0.05) is 37.2 Å². The zero-order valence-electron chi connectivity index (χ0n) is 15.2. The fourth-order valence-corrected chi connectivity index (χ4v) is 3.35. The molecule has 0 spiro atoms. The van der Waals surface area contributed by atoms with E-state index in [1.807, 2.05) is 17.0 Å². The van der Waals surface area contributed by atoms with Crippen LogP contribution in [0.5, 0.6) is 0 Å². The molecule has 1 aliphatic rings. The van der Waals surface area contributed by atoms with Gasteiger partial charge in [-0.05, 0) is 36.8 Å². The Balaban J connectivity index is 0.00000261. The summed E-state index contributed by atoms with van der Waals surface area (Å²) < 4.78 is 6.27. The van der Waals surface area contributed by atoms with Crippen LogP contribution in [0.25, 0.3) is 0 Å². The fraction of sp³-hybridized carbons (Fsp3) is 0.368. The van der Waals surface area contributed by atoms with Crippen molar-refractivity contribution in [2.45, 2.75) is 13.5 Å². The zero-order chi connectivity index (χ0) is 18.4. The number of hydrogen-bond donors (Lipinski definition) is 1. The summed E-state index contributed by atoms with van der Waals surface area (Å²) in [6, 6.07) is 11.6. The van der Waals surface area contributed by atoms with Crippen molar-refractivity contribution < 1.29 is 9.21 Å². The molecule has 1 fully saturated rings. The Hall–Kier alpha value is -1.55. The van der Waals surface area contributed by atoms with Gasteiger partial charge in [-0.1, -0.05) is 28.1 Å². The minimum Gasteiger partial charge on any atom is -0.459 e. The Morgan fingerprint density at radius 2 is 1.93 bits per heavy atom. The van der Waals surface area contributed by atoms with Crippen LogP contribution in [-0.2, 0) is 6.54 Å². The van der Waals surface area contributed by atoms with Gasteiger partial charge in [-0.3, -0.25) is 4.79 Å². The second-order valence-electron chi connectivity index (χ2n) is 6.06. The fourth-order valence-electron chi connectivity index (χ4n) is 2.90. The van der Waals surface area contributed by atoms with Crippen molar-refractivity contribution in [2.24, 2.45) is 4.99 Å². The third-order valence-corrected chi connectivity index (χ3v) is 4.73. The van der Waals surface area contributed by atoms with Crippen LogP contribution in [0, 0.1) is 0 Å². The number of hydrogen-bond acceptors (Lipinski definition) is 3. The number of guanidine groups is 1. The highest BCUT2D eigenvalue weighted by atomic mass is 127. The van der Waals surface area contributed by atoms with Crippen molar-refractivity contribution >= 4 is 51.8 Å². The number of nitrogens with zero attached hydrogens (tertiary/aromatic N) is 3. The minimum absolute atomic E-state index is 0. The van der Waals surface area contributed by atoms with E-state index in [2.05, 4.69) is 45.2 Å². The SMILES string of the molecule is CCNC(=NCc1cccc(Br)c1)N1CCN(C(=O)c2ccco2)CC1.I. The largest absolute Gasteiger partial charge is 0.459 e. The van der Waals surface area contributed by atoms with Gasteiger partial charge in [0.05, 0.1) is 12.8 Å². The highest BCUT2D eigenvalue weighted by Crippen LogP contribution is 2.13. The first-order valence-corrected chi connectivity index (χ1v) is 9.57. The van der Waals surface area contributed by atoms with Gasteiger partial charge >= 0.3 is 0 Å². The summed E-state index contributed by atoms with van der Waals surface area (Å²) in [5.41, 5.74) is 1.15. The van der Waals surface area contributed by atoms with Gasteiger partial charge in [0.2, 0.25) is 0 Å². The van der Waals surface area contributed by atoms with Crippen LogP contribution in [0.4, 0.5) is 0 Å². The van der Waals surface area contributed by atoms with E-state index in [9.17, 15) is 4.79 Å². The number of piperazine rings is 1. The molecular formula is C19H24BrIN4O2. The quantitative estimate of drug-likeness (QED) is 0.362. The molecule has 1 aromatic carbocycles. The summed E-state index contributed by atoms with van der Waals surface area (Å²) in [6.07, 6.45) is 1.53. The van der Waals surface area contributed by atoms with Gasteiger partial charge in [-0.15, -0.1) is 24.0 Å². The first-order valence-electron chi connectivity index (χ1n) is 8.78. The second kappa shape index (κ2) is 10.7. The van der Waals surface area contributed by atoms with Crippen molar-refractivity contribution in [3.05, 3.63) is 58.5 Å². The zero-order valence-corrected chi connectivity index (χ0v) is 19.1. The topological polar surface area (TPSA) is 61.1 Å². The van der Waals surface area contributed by atoms with Gasteiger partial charge in [-0.25, -0.2) is 4.99 Å². The average molecular weight is 547 g/mol. The van der Waals surface area contributed by atoms with Gasteiger partial charge < -0.3 is 19.5 Å². The molecule has 6 nitrogen and oxygen atoms in total. The van der Waals surface area contributed by atoms with Gasteiger partial charge in [0.1, 0.15) is 0 Å². The van der Waals surface area contributed by atoms with Crippen LogP contribution < -0.4 is 5.32 Å². The van der Waals surface area contributed by atoms with E-state index >= 15 is 0 Å². The third-order valence-electron chi connectivity index (χ3n) is 4.23. The standard InChI is InChI=1S/C19H23BrN4O2.HI/c1-2-21-19(22-14-15-5-3-6-16(20)13-15)24-10-8-23(9-11-24)18(25)17-7-4-12-26-17;/h3-7,12-13H,2,8-11,14H2,1H3,(H,21,22);1H. The van der Waals surface area contributed by atoms with Crippen LogP contribution in [0.15, 0.2) is 56.5 Å². The summed E-state index contributed by atoms with van der Waals surface area (Å²) in [5.74, 6) is 1.23. The highest BCUT2D eigenvalue weighted by molar-refractivity contribution is 14.0. The molecule has 146 valence electrons. The summed E-state index contributed by atoms with van der Waals surface area (Å²) in [4.78, 5) is 21.2. The Bertz CT molecular complexity index is 759. The van der Waals surface area contributed by atoms with Crippen LogP contribution in [0.3, 0.4) is 0 Å². The monoisotopic (exact) mass is 546 g/mol. The Kier molecular flexibility index (Phi) is 8.62. The molecule has 0 saturated carbocycles. The van der Waals surface area contributed by atoms with E-state index in [1.165, 1.54) is 6.26 Å². The summed E-state index contributed by atoms with van der Waals surface area (Å²) in [5, 5.41) is 3.35. The Labute approximate surface area is 185 Å². The van der Waals surface area contributed by atoms with E-state index in [4.69, 9.17) is 9.41 Å². The lowest BCUT2D eigenvalue weighted by Crippen LogP contribution is -2.53. The number of aliphatic imine (C=N–C) groups is 1. The molecule has 27 heavy (non-hydrogen) atoms. The molecule has 0 unspecified atom stereocenters. The molecule has 1 amide bonds. The summed E-state index contributed by atoms with van der Waals surface area (Å²) >= 11 is 3.49. The minimum atomic E-state index is -0.0503. The number of carbonyl (C=O) groups is 1. The molecule has 2 heterocycles. The normalized spacial score (nSPS) is 14.7. The number of halogens is 2. The van der Waals surface area contributed by atoms with Crippen molar-refractivity contribution in [1.29, 1.82) is 0 Å². The number of furan rings is 1. The van der Waals surface area contributed by atoms with E-state index < -0.39 is 0 Å². The molecule has 1 aliphatic heterocycles. The highest BCUT2D eigenvalue weighted by Gasteiger charge is 2.25. The van der Waals surface area contributed by atoms with Crippen LogP contribution in [0.2, 0.25) is 0 Å². The molecule has 2 aromatic rings. The van der Waals surface area contributed by atoms with Gasteiger partial charge in [0.15, 0.2) is 11.7 Å². The molecule has 1 saturated heterocycles. The Morgan fingerprint density at radius 3 is 2.56 bits per heavy atom. The molecule has 0 radical (unpaired) electrons. The molecule has 1 N–H and O–H groups in total. The molecule has 1 aromatic heterocycles. The van der Waals surface area contributed by atoms with Crippen LogP contribution >= 0.6 is 39.9 Å². The molecule has 0 aliphatic carbocycles. The van der Waals surface area contributed by atoms with Gasteiger partial charge in [0.25, 0.3) is 5.91 Å². The Morgan fingerprint density at radius 1 is 1.19 bits per heavy atom. The maximum Gasteiger partial charge on any atom is 0.289 e. The molecule has 0 bridgehead atoms. The third kappa shape index (κ3) is 5.97. The van der Waals surface area contributed by atoms with E-state index in [0.717, 1.165) is 35.6 Å². The van der Waals surface area contributed by atoms with E-state index in [-0.39, 0.29) is 29.9 Å². The van der Waals surface area contributed by atoms with Crippen LogP contribution in [0.1, 0.15) is 23.0 Å². The van der Waals surface area contributed by atoms with E-state index in [1.54, 1.807) is 12.1 Å². The number of benzene rings is 1. The smallest absolute Gasteiger partial charge is 0.289 e. The van der Waals surface area contributed by atoms with Crippen molar-refractivity contribution in [2.75, 3.05) is 32.7 Å². The maximum absolute atomic E-state index is 12.4. The van der Waals surface area contributed by atoms with Crippen LogP contribution in [-0.4, -0.2) is 54.4 Å². The van der Waals surface area contributed by atoms with Gasteiger partial charge in [-0.2, -0.15) is 0 Å². The van der Waals surface area contributed by atoms with Crippen molar-refractivity contribution in [3.63, 3.8) is 0 Å². The number of carbonyl (C=O) groups excluding carboxylic acids is 1. The molecular weight excluding hydrogens is 523 g/mol. The molecule has 0 atom stereocenters. The maximum atomic E-state index is 12.4. The number of rotatable bonds is 4. The molecule has 3 rings (SSSR count). The first kappa shape index (κ1) is 21.7. The number of amides is 1. The second-order valence-corrected chi connectivity index (χ2v) is 6.97. The lowest BCUT2D eigenvalue weighted by molar-refractivity contribution is 0.0657. The van der Waals surface area contributed by atoms with Crippen molar-refractivity contribution in [3.8, 4) is 0 Å². The summed E-state index contributed by atoms with van der Waals surface area (Å²) in [7, 11) is 0. The summed E-state index contributed by atoms with van der Waals surface area (Å²) in [6.45, 7) is 6.29. The number of nitrogens with one attached hydrogen (secondary N) is 1. The predicted molar refractivity (Wildman–Crippen MR) is 121 cm³/mol. The first-order chi connectivity index (χ1) is 12.7. The van der Waals surface area contributed by atoms with E-state index in [0.29, 0.717) is 25.4 Å². The lowest BCUT2D eigenvalue weighted by Gasteiger charge is -2.36. The lowest BCUT2D eigenvalue weighted by atomic mass is 10.2.